The zero-order chi connectivity index (χ0) is 46.2. The lowest BCUT2D eigenvalue weighted by atomic mass is 9.99. The first-order valence-electron chi connectivity index (χ1n) is 26.1. The van der Waals surface area contributed by atoms with Crippen LogP contribution in [0.25, 0.3) is 0 Å². The van der Waals surface area contributed by atoms with Gasteiger partial charge in [-0.05, 0) is 38.5 Å². The van der Waals surface area contributed by atoms with E-state index in [4.69, 9.17) is 9.47 Å². The number of unbranched alkanes of at least 4 members (excludes halogenated alkanes) is 31. The fourth-order valence-corrected chi connectivity index (χ4v) is 9.02. The first kappa shape index (κ1) is 59.9. The van der Waals surface area contributed by atoms with Crippen LogP contribution in [0.3, 0.4) is 0 Å². The maximum Gasteiger partial charge on any atom is 0.397 e. The molecule has 0 saturated carbocycles. The molecule has 0 spiro atoms. The van der Waals surface area contributed by atoms with E-state index in [-0.39, 0.29) is 18.9 Å². The Hall–Kier alpha value is -1.16. The van der Waals surface area contributed by atoms with Gasteiger partial charge in [-0.3, -0.25) is 9.35 Å². The molecule has 1 amide bonds. The van der Waals surface area contributed by atoms with Crippen molar-refractivity contribution in [1.29, 1.82) is 0 Å². The van der Waals surface area contributed by atoms with Crippen LogP contribution in [0.2, 0.25) is 0 Å². The molecule has 1 rings (SSSR count). The van der Waals surface area contributed by atoms with Gasteiger partial charge in [0, 0.05) is 6.42 Å². The van der Waals surface area contributed by atoms with Gasteiger partial charge < -0.3 is 35.2 Å². The summed E-state index contributed by atoms with van der Waals surface area (Å²) in [6, 6.07) is -0.857. The van der Waals surface area contributed by atoms with Crippen molar-refractivity contribution in [3.63, 3.8) is 0 Å². The number of carbonyl (C=O) groups excluding carboxylic acids is 1. The molecule has 7 atom stereocenters. The Labute approximate surface area is 385 Å². The number of amides is 1. The molecule has 0 aromatic rings. The molecule has 0 aromatic carbocycles. The normalized spacial score (nSPS) is 20.4. The zero-order valence-corrected chi connectivity index (χ0v) is 41.0. The monoisotopic (exact) mass is 920 g/mol. The highest BCUT2D eigenvalue weighted by Gasteiger charge is 2.48. The Balaban J connectivity index is 2.43. The van der Waals surface area contributed by atoms with Crippen molar-refractivity contribution in [1.82, 2.24) is 5.32 Å². The third-order valence-electron chi connectivity index (χ3n) is 12.6. The smallest absolute Gasteiger partial charge is 0.394 e. The van der Waals surface area contributed by atoms with E-state index in [9.17, 15) is 38.2 Å². The third-order valence-corrected chi connectivity index (χ3v) is 13.0. The summed E-state index contributed by atoms with van der Waals surface area (Å²) in [6.07, 6.45) is 37.7. The molecular formula is C50H97NO11S. The van der Waals surface area contributed by atoms with Gasteiger partial charge >= 0.3 is 10.4 Å². The van der Waals surface area contributed by atoms with Crippen LogP contribution in [0.1, 0.15) is 245 Å². The zero-order valence-electron chi connectivity index (χ0n) is 40.2. The molecule has 1 saturated heterocycles. The molecule has 0 aliphatic carbocycles. The number of hydrogen-bond donors (Lipinski definition) is 6. The van der Waals surface area contributed by atoms with Crippen molar-refractivity contribution >= 4 is 16.3 Å². The van der Waals surface area contributed by atoms with E-state index in [2.05, 4.69) is 35.5 Å². The predicted octanol–water partition coefficient (Wildman–Crippen LogP) is 11.1. The number of hydrogen-bond acceptors (Lipinski definition) is 10. The summed E-state index contributed by atoms with van der Waals surface area (Å²) in [4.78, 5) is 13.1. The minimum Gasteiger partial charge on any atom is -0.394 e. The Morgan fingerprint density at radius 2 is 1.02 bits per heavy atom. The largest absolute Gasteiger partial charge is 0.397 e. The number of allylic oxidation sites excluding steroid dienone is 2. The SMILES string of the molecule is CCCCCCCCCC/C=C\CCCCCCCCCC(=O)NC(COC1OC(CO)C(O)C(OS(=O)(=O)O)C1O)C(O)CCCCCCCCCCCCCCCCCCC. The van der Waals surface area contributed by atoms with Gasteiger partial charge in [0.25, 0.3) is 0 Å². The number of aliphatic hydroxyl groups is 4. The van der Waals surface area contributed by atoms with Crippen molar-refractivity contribution in [3.8, 4) is 0 Å². The summed E-state index contributed by atoms with van der Waals surface area (Å²) in [5, 5.41) is 45.0. The summed E-state index contributed by atoms with van der Waals surface area (Å²) < 4.78 is 47.8. The molecule has 6 N–H and O–H groups in total. The Kier molecular flexibility index (Phi) is 39.0. The predicted molar refractivity (Wildman–Crippen MR) is 255 cm³/mol. The molecule has 1 fully saturated rings. The number of nitrogens with one attached hydrogen (secondary N) is 1. The Bertz CT molecular complexity index is 1180. The van der Waals surface area contributed by atoms with E-state index in [0.717, 1.165) is 51.4 Å². The van der Waals surface area contributed by atoms with Crippen molar-refractivity contribution in [2.45, 2.75) is 288 Å². The highest BCUT2D eigenvalue weighted by Crippen LogP contribution is 2.26. The fraction of sp³-hybridized carbons (Fsp3) is 0.940. The topological polar surface area (TPSA) is 192 Å². The first-order chi connectivity index (χ1) is 30.5. The average Bonchev–Trinajstić information content (AvgIpc) is 3.25. The molecule has 1 aliphatic rings. The molecule has 0 bridgehead atoms. The lowest BCUT2D eigenvalue weighted by Crippen LogP contribution is -2.61. The summed E-state index contributed by atoms with van der Waals surface area (Å²) in [6.45, 7) is 3.47. The highest BCUT2D eigenvalue weighted by atomic mass is 32.3. The second-order valence-electron chi connectivity index (χ2n) is 18.5. The third kappa shape index (κ3) is 33.9. The maximum atomic E-state index is 13.1. The van der Waals surface area contributed by atoms with E-state index in [0.29, 0.717) is 12.8 Å². The molecule has 1 heterocycles. The first-order valence-corrected chi connectivity index (χ1v) is 27.4. The maximum absolute atomic E-state index is 13.1. The van der Waals surface area contributed by atoms with Crippen LogP contribution < -0.4 is 5.32 Å². The van der Waals surface area contributed by atoms with Gasteiger partial charge in [0.2, 0.25) is 5.91 Å². The Morgan fingerprint density at radius 1 is 0.619 bits per heavy atom. The number of rotatable bonds is 45. The summed E-state index contributed by atoms with van der Waals surface area (Å²) in [7, 11) is -5.08. The molecular weight excluding hydrogens is 823 g/mol. The van der Waals surface area contributed by atoms with E-state index >= 15 is 0 Å². The van der Waals surface area contributed by atoms with E-state index in [1.807, 2.05) is 0 Å². The van der Waals surface area contributed by atoms with Gasteiger partial charge in [-0.15, -0.1) is 0 Å². The minimum atomic E-state index is -5.08. The average molecular weight is 920 g/mol. The standard InChI is InChI=1S/C50H97NO11S/c1-3-5-7-9-11-13-15-17-19-21-22-24-26-28-30-32-34-36-38-40-46(54)51-43(42-60-50-48(56)49(62-63(57,58)59)47(55)45(41-52)61-50)44(53)39-37-35-33-31-29-27-25-23-20-18-16-14-12-10-8-6-4-2/h21-22,43-45,47-50,52-53,55-56H,3-20,23-42H2,1-2H3,(H,51,54)(H,57,58,59)/b22-21-. The van der Waals surface area contributed by atoms with Crippen LogP contribution in [0.4, 0.5) is 0 Å². The van der Waals surface area contributed by atoms with Crippen LogP contribution in [0.5, 0.6) is 0 Å². The molecule has 12 nitrogen and oxygen atoms in total. The fourth-order valence-electron chi connectivity index (χ4n) is 8.51. The van der Waals surface area contributed by atoms with Gasteiger partial charge in [0.1, 0.15) is 24.4 Å². The minimum absolute atomic E-state index is 0.231. The second kappa shape index (κ2) is 41.1. The van der Waals surface area contributed by atoms with Gasteiger partial charge in [0.15, 0.2) is 6.29 Å². The summed E-state index contributed by atoms with van der Waals surface area (Å²) in [5.41, 5.74) is 0. The van der Waals surface area contributed by atoms with Crippen molar-refractivity contribution in [2.24, 2.45) is 0 Å². The number of ether oxygens (including phenoxy) is 2. The summed E-state index contributed by atoms with van der Waals surface area (Å²) >= 11 is 0. The molecule has 7 unspecified atom stereocenters. The van der Waals surface area contributed by atoms with E-state index in [1.165, 1.54) is 161 Å². The number of aliphatic hydroxyl groups excluding tert-OH is 4. The molecule has 0 radical (unpaired) electrons. The van der Waals surface area contributed by atoms with E-state index < -0.39 is 59.9 Å². The quantitative estimate of drug-likeness (QED) is 0.0193. The number of carbonyl (C=O) groups is 1. The molecule has 13 heteroatoms. The second-order valence-corrected chi connectivity index (χ2v) is 19.5. The molecule has 374 valence electrons. The van der Waals surface area contributed by atoms with Crippen molar-refractivity contribution in [3.05, 3.63) is 12.2 Å². The van der Waals surface area contributed by atoms with Gasteiger partial charge in [-0.25, -0.2) is 4.18 Å². The van der Waals surface area contributed by atoms with Gasteiger partial charge in [-0.1, -0.05) is 212 Å². The van der Waals surface area contributed by atoms with Crippen LogP contribution in [-0.4, -0.2) is 95.4 Å². The molecule has 0 aromatic heterocycles. The Morgan fingerprint density at radius 3 is 1.43 bits per heavy atom. The van der Waals surface area contributed by atoms with Crippen LogP contribution in [-0.2, 0) is 28.9 Å². The van der Waals surface area contributed by atoms with Gasteiger partial charge in [0.05, 0.1) is 25.4 Å². The van der Waals surface area contributed by atoms with E-state index in [1.54, 1.807) is 0 Å². The van der Waals surface area contributed by atoms with Crippen LogP contribution in [0.15, 0.2) is 12.2 Å². The summed E-state index contributed by atoms with van der Waals surface area (Å²) in [5.74, 6) is -0.231. The van der Waals surface area contributed by atoms with Gasteiger partial charge in [-0.2, -0.15) is 8.42 Å². The van der Waals surface area contributed by atoms with Crippen LogP contribution in [0, 0.1) is 0 Å². The van der Waals surface area contributed by atoms with Crippen molar-refractivity contribution in [2.75, 3.05) is 13.2 Å². The lowest BCUT2D eigenvalue weighted by molar-refractivity contribution is -0.298. The molecule has 63 heavy (non-hydrogen) atoms. The van der Waals surface area contributed by atoms with Crippen LogP contribution >= 0.6 is 0 Å². The highest BCUT2D eigenvalue weighted by molar-refractivity contribution is 7.80. The van der Waals surface area contributed by atoms with Crippen molar-refractivity contribution < 1.29 is 51.8 Å². The molecule has 1 aliphatic heterocycles. The lowest BCUT2D eigenvalue weighted by Gasteiger charge is -2.41.